The Kier molecular flexibility index (Phi) is 3.22. The maximum atomic E-state index is 4.43. The van der Waals surface area contributed by atoms with Gasteiger partial charge in [-0.15, -0.1) is 0 Å². The van der Waals surface area contributed by atoms with Crippen molar-refractivity contribution >= 4 is 5.82 Å². The number of hydrogen-bond donors (Lipinski definition) is 1. The minimum atomic E-state index is 0.598. The summed E-state index contributed by atoms with van der Waals surface area (Å²) < 4.78 is 0. The van der Waals surface area contributed by atoms with Crippen LogP contribution >= 0.6 is 0 Å². The van der Waals surface area contributed by atoms with Crippen LogP contribution in [-0.4, -0.2) is 35.1 Å². The molecule has 0 aromatic carbocycles. The van der Waals surface area contributed by atoms with E-state index in [-0.39, 0.29) is 0 Å². The molecular formula is C13H20N4. The first-order chi connectivity index (χ1) is 8.43. The zero-order valence-corrected chi connectivity index (χ0v) is 10.2. The molecule has 1 saturated carbocycles. The van der Waals surface area contributed by atoms with Gasteiger partial charge in [0.05, 0.1) is 6.20 Å². The molecule has 1 aromatic heterocycles. The fourth-order valence-electron chi connectivity index (χ4n) is 2.54. The second-order valence-corrected chi connectivity index (χ2v) is 5.09. The molecule has 1 atom stereocenters. The van der Waals surface area contributed by atoms with Crippen LogP contribution in [0, 0.1) is 0 Å². The van der Waals surface area contributed by atoms with Crippen molar-refractivity contribution in [3.05, 3.63) is 18.6 Å². The average Bonchev–Trinajstić information content (AvgIpc) is 3.22. The average molecular weight is 232 g/mol. The summed E-state index contributed by atoms with van der Waals surface area (Å²) in [7, 11) is 0. The number of piperidine rings is 1. The largest absolute Gasteiger partial charge is 0.351 e. The van der Waals surface area contributed by atoms with Crippen LogP contribution in [0.5, 0.6) is 0 Å². The monoisotopic (exact) mass is 232 g/mol. The van der Waals surface area contributed by atoms with Gasteiger partial charge in [-0.1, -0.05) is 0 Å². The smallest absolute Gasteiger partial charge is 0.147 e. The molecule has 4 nitrogen and oxygen atoms in total. The Hall–Kier alpha value is -1.16. The first kappa shape index (κ1) is 11.0. The third kappa shape index (κ3) is 2.75. The number of hydrogen-bond acceptors (Lipinski definition) is 4. The SMILES string of the molecule is c1cnc(N2CCCCC2CNC2CC2)cn1. The molecule has 1 saturated heterocycles. The van der Waals surface area contributed by atoms with Crippen LogP contribution < -0.4 is 10.2 Å². The first-order valence-corrected chi connectivity index (χ1v) is 6.69. The van der Waals surface area contributed by atoms with Crippen molar-refractivity contribution < 1.29 is 0 Å². The Balaban J connectivity index is 1.66. The molecule has 0 bridgehead atoms. The standard InChI is InChI=1S/C13H20N4/c1-2-8-17(13-10-14-6-7-15-13)12(3-1)9-16-11-4-5-11/h6-7,10-12,16H,1-5,8-9H2. The van der Waals surface area contributed by atoms with Crippen LogP contribution in [0.25, 0.3) is 0 Å². The molecule has 1 aliphatic carbocycles. The first-order valence-electron chi connectivity index (χ1n) is 6.69. The van der Waals surface area contributed by atoms with E-state index in [9.17, 15) is 0 Å². The molecule has 2 heterocycles. The third-order valence-electron chi connectivity index (χ3n) is 3.69. The quantitative estimate of drug-likeness (QED) is 0.856. The molecule has 2 aliphatic rings. The summed E-state index contributed by atoms with van der Waals surface area (Å²) in [5, 5.41) is 3.64. The van der Waals surface area contributed by atoms with E-state index in [1.807, 2.05) is 6.20 Å². The van der Waals surface area contributed by atoms with E-state index in [0.717, 1.165) is 24.9 Å². The molecule has 4 heteroatoms. The molecule has 1 aromatic rings. The molecule has 92 valence electrons. The van der Waals surface area contributed by atoms with Gasteiger partial charge < -0.3 is 10.2 Å². The Morgan fingerprint density at radius 3 is 2.94 bits per heavy atom. The van der Waals surface area contributed by atoms with E-state index in [1.165, 1.54) is 32.1 Å². The zero-order valence-electron chi connectivity index (χ0n) is 10.2. The summed E-state index contributed by atoms with van der Waals surface area (Å²) in [6.45, 7) is 2.22. The molecular weight excluding hydrogens is 212 g/mol. The van der Waals surface area contributed by atoms with E-state index in [4.69, 9.17) is 0 Å². The summed E-state index contributed by atoms with van der Waals surface area (Å²) in [6.07, 6.45) is 12.0. The van der Waals surface area contributed by atoms with E-state index < -0.39 is 0 Å². The van der Waals surface area contributed by atoms with Crippen LogP contribution in [-0.2, 0) is 0 Å². The molecule has 0 amide bonds. The molecule has 0 radical (unpaired) electrons. The highest BCUT2D eigenvalue weighted by atomic mass is 15.2. The third-order valence-corrected chi connectivity index (χ3v) is 3.69. The van der Waals surface area contributed by atoms with Crippen molar-refractivity contribution in [2.75, 3.05) is 18.0 Å². The van der Waals surface area contributed by atoms with E-state index in [2.05, 4.69) is 20.2 Å². The predicted octanol–water partition coefficient (Wildman–Crippen LogP) is 1.59. The number of nitrogens with one attached hydrogen (secondary N) is 1. The fourth-order valence-corrected chi connectivity index (χ4v) is 2.54. The summed E-state index contributed by atoms with van der Waals surface area (Å²) in [5.41, 5.74) is 0. The van der Waals surface area contributed by atoms with Crippen molar-refractivity contribution in [2.24, 2.45) is 0 Å². The lowest BCUT2D eigenvalue weighted by molar-refractivity contribution is 0.431. The highest BCUT2D eigenvalue weighted by Gasteiger charge is 2.27. The maximum absolute atomic E-state index is 4.43. The van der Waals surface area contributed by atoms with E-state index in [1.54, 1.807) is 12.4 Å². The van der Waals surface area contributed by atoms with Crippen LogP contribution in [0.4, 0.5) is 5.82 Å². The molecule has 1 N–H and O–H groups in total. The molecule has 17 heavy (non-hydrogen) atoms. The lowest BCUT2D eigenvalue weighted by atomic mass is 10.0. The Bertz CT molecular complexity index is 350. The van der Waals surface area contributed by atoms with Crippen LogP contribution in [0.1, 0.15) is 32.1 Å². The lowest BCUT2D eigenvalue weighted by Crippen LogP contribution is -2.46. The van der Waals surface area contributed by atoms with Gasteiger partial charge in [0.25, 0.3) is 0 Å². The van der Waals surface area contributed by atoms with Crippen molar-refractivity contribution in [3.8, 4) is 0 Å². The second kappa shape index (κ2) is 5.00. The molecule has 1 unspecified atom stereocenters. The maximum Gasteiger partial charge on any atom is 0.147 e. The van der Waals surface area contributed by atoms with Crippen LogP contribution in [0.3, 0.4) is 0 Å². The Labute approximate surface area is 102 Å². The van der Waals surface area contributed by atoms with Crippen molar-refractivity contribution in [2.45, 2.75) is 44.2 Å². The summed E-state index contributed by atoms with van der Waals surface area (Å²) >= 11 is 0. The number of aromatic nitrogens is 2. The fraction of sp³-hybridized carbons (Fsp3) is 0.692. The summed E-state index contributed by atoms with van der Waals surface area (Å²) in [6, 6.07) is 1.39. The molecule has 3 rings (SSSR count). The van der Waals surface area contributed by atoms with E-state index in [0.29, 0.717) is 6.04 Å². The van der Waals surface area contributed by atoms with Gasteiger partial charge in [-0.05, 0) is 32.1 Å². The number of nitrogens with zero attached hydrogens (tertiary/aromatic N) is 3. The topological polar surface area (TPSA) is 41.1 Å². The Morgan fingerprint density at radius 2 is 2.18 bits per heavy atom. The van der Waals surface area contributed by atoms with Gasteiger partial charge in [0, 0.05) is 37.6 Å². The van der Waals surface area contributed by atoms with Gasteiger partial charge in [0.1, 0.15) is 5.82 Å². The molecule has 0 spiro atoms. The minimum absolute atomic E-state index is 0.598. The molecule has 2 fully saturated rings. The van der Waals surface area contributed by atoms with Crippen molar-refractivity contribution in [1.82, 2.24) is 15.3 Å². The summed E-state index contributed by atoms with van der Waals surface area (Å²) in [5.74, 6) is 1.04. The van der Waals surface area contributed by atoms with Gasteiger partial charge >= 0.3 is 0 Å². The number of anilines is 1. The number of rotatable bonds is 4. The van der Waals surface area contributed by atoms with E-state index >= 15 is 0 Å². The highest BCUT2D eigenvalue weighted by molar-refractivity contribution is 5.37. The van der Waals surface area contributed by atoms with Gasteiger partial charge in [-0.2, -0.15) is 0 Å². The van der Waals surface area contributed by atoms with Crippen molar-refractivity contribution in [1.29, 1.82) is 0 Å². The minimum Gasteiger partial charge on any atom is -0.351 e. The zero-order chi connectivity index (χ0) is 11.5. The normalized spacial score (nSPS) is 24.9. The van der Waals surface area contributed by atoms with Gasteiger partial charge in [-0.25, -0.2) is 4.98 Å². The van der Waals surface area contributed by atoms with Crippen LogP contribution in [0.15, 0.2) is 18.6 Å². The van der Waals surface area contributed by atoms with Gasteiger partial charge in [0.15, 0.2) is 0 Å². The highest BCUT2D eigenvalue weighted by Crippen LogP contribution is 2.24. The summed E-state index contributed by atoms with van der Waals surface area (Å²) in [4.78, 5) is 11.0. The van der Waals surface area contributed by atoms with Crippen molar-refractivity contribution in [3.63, 3.8) is 0 Å². The van der Waals surface area contributed by atoms with Gasteiger partial charge in [0.2, 0.25) is 0 Å². The lowest BCUT2D eigenvalue weighted by Gasteiger charge is -2.36. The second-order valence-electron chi connectivity index (χ2n) is 5.09. The Morgan fingerprint density at radius 1 is 1.24 bits per heavy atom. The molecule has 1 aliphatic heterocycles. The predicted molar refractivity (Wildman–Crippen MR) is 68.0 cm³/mol. The van der Waals surface area contributed by atoms with Gasteiger partial charge in [-0.3, -0.25) is 4.98 Å². The van der Waals surface area contributed by atoms with Crippen LogP contribution in [0.2, 0.25) is 0 Å².